The van der Waals surface area contributed by atoms with E-state index in [0.29, 0.717) is 27.6 Å². The number of hydrogen-bond donors (Lipinski definition) is 1. The number of rotatable bonds is 6. The van der Waals surface area contributed by atoms with Crippen LogP contribution in [0.15, 0.2) is 59.0 Å². The summed E-state index contributed by atoms with van der Waals surface area (Å²) < 4.78 is 1.51. The van der Waals surface area contributed by atoms with E-state index in [-0.39, 0.29) is 17.2 Å². The zero-order valence-electron chi connectivity index (χ0n) is 15.7. The van der Waals surface area contributed by atoms with Crippen LogP contribution in [0.5, 0.6) is 0 Å². The van der Waals surface area contributed by atoms with Crippen LogP contribution in [0.25, 0.3) is 10.9 Å². The van der Waals surface area contributed by atoms with Gasteiger partial charge in [-0.3, -0.25) is 14.2 Å². The molecular formula is C21H20ClN3O2S. The van der Waals surface area contributed by atoms with Crippen molar-refractivity contribution in [1.29, 1.82) is 0 Å². The van der Waals surface area contributed by atoms with Crippen LogP contribution in [0.3, 0.4) is 0 Å². The van der Waals surface area contributed by atoms with Crippen LogP contribution in [0.4, 0.5) is 5.69 Å². The first kappa shape index (κ1) is 20.2. The number of halogens is 1. The van der Waals surface area contributed by atoms with Crippen molar-refractivity contribution in [3.05, 3.63) is 75.6 Å². The average Bonchev–Trinajstić information content (AvgIpc) is 2.61. The van der Waals surface area contributed by atoms with Crippen molar-refractivity contribution in [2.24, 2.45) is 0 Å². The molecule has 1 heterocycles. The number of aromatic nitrogens is 2. The Morgan fingerprint density at radius 3 is 2.64 bits per heavy atom. The summed E-state index contributed by atoms with van der Waals surface area (Å²) in [6.07, 6.45) is 1.63. The van der Waals surface area contributed by atoms with Gasteiger partial charge in [-0.2, -0.15) is 0 Å². The van der Waals surface area contributed by atoms with E-state index in [1.54, 1.807) is 24.3 Å². The molecule has 3 rings (SSSR count). The van der Waals surface area contributed by atoms with Crippen LogP contribution < -0.4 is 10.9 Å². The highest BCUT2D eigenvalue weighted by Gasteiger charge is 2.13. The molecular weight excluding hydrogens is 394 g/mol. The van der Waals surface area contributed by atoms with Crippen molar-refractivity contribution in [2.75, 3.05) is 11.1 Å². The Hall–Kier alpha value is -2.57. The molecule has 1 amide bonds. The lowest BCUT2D eigenvalue weighted by Gasteiger charge is -2.12. The predicted molar refractivity (Wildman–Crippen MR) is 116 cm³/mol. The summed E-state index contributed by atoms with van der Waals surface area (Å²) in [7, 11) is 0. The van der Waals surface area contributed by atoms with E-state index in [2.05, 4.69) is 16.9 Å². The molecule has 0 fully saturated rings. The minimum Gasteiger partial charge on any atom is -0.325 e. The number of amides is 1. The molecule has 1 N–H and O–H groups in total. The molecule has 7 heteroatoms. The van der Waals surface area contributed by atoms with Gasteiger partial charge in [0.1, 0.15) is 0 Å². The van der Waals surface area contributed by atoms with Crippen LogP contribution in [0, 0.1) is 13.8 Å². The Labute approximate surface area is 172 Å². The Bertz CT molecular complexity index is 1100. The van der Waals surface area contributed by atoms with E-state index in [1.165, 1.54) is 16.3 Å². The fourth-order valence-corrected chi connectivity index (χ4v) is 3.92. The van der Waals surface area contributed by atoms with Crippen LogP contribution in [-0.2, 0) is 11.3 Å². The first-order valence-corrected chi connectivity index (χ1v) is 10.1. The molecule has 144 valence electrons. The Balaban J connectivity index is 1.84. The van der Waals surface area contributed by atoms with Crippen molar-refractivity contribution < 1.29 is 4.79 Å². The number of carbonyl (C=O) groups excluding carboxylic acids is 1. The zero-order valence-corrected chi connectivity index (χ0v) is 17.2. The molecule has 0 unspecified atom stereocenters. The van der Waals surface area contributed by atoms with Gasteiger partial charge in [0.15, 0.2) is 5.16 Å². The van der Waals surface area contributed by atoms with Gasteiger partial charge >= 0.3 is 0 Å². The summed E-state index contributed by atoms with van der Waals surface area (Å²) in [5, 5.41) is 4.33. The van der Waals surface area contributed by atoms with Gasteiger partial charge in [0.05, 0.1) is 16.7 Å². The zero-order chi connectivity index (χ0) is 20.3. The third kappa shape index (κ3) is 4.64. The van der Waals surface area contributed by atoms with Crippen molar-refractivity contribution in [3.63, 3.8) is 0 Å². The Kier molecular flexibility index (Phi) is 6.21. The van der Waals surface area contributed by atoms with Gasteiger partial charge in [-0.25, -0.2) is 4.98 Å². The summed E-state index contributed by atoms with van der Waals surface area (Å²) in [4.78, 5) is 29.7. The summed E-state index contributed by atoms with van der Waals surface area (Å²) in [5.41, 5.74) is 3.24. The first-order chi connectivity index (χ1) is 13.4. The summed E-state index contributed by atoms with van der Waals surface area (Å²) in [6.45, 7) is 7.98. The number of allylic oxidation sites excluding steroid dienone is 1. The van der Waals surface area contributed by atoms with E-state index in [4.69, 9.17) is 11.6 Å². The minimum absolute atomic E-state index is 0.128. The number of nitrogens with zero attached hydrogens (tertiary/aromatic N) is 2. The third-order valence-electron chi connectivity index (χ3n) is 4.03. The van der Waals surface area contributed by atoms with E-state index in [1.807, 2.05) is 32.0 Å². The molecule has 0 bridgehead atoms. The van der Waals surface area contributed by atoms with Gasteiger partial charge in [0.2, 0.25) is 5.91 Å². The highest BCUT2D eigenvalue weighted by Crippen LogP contribution is 2.21. The van der Waals surface area contributed by atoms with E-state index >= 15 is 0 Å². The van der Waals surface area contributed by atoms with Gasteiger partial charge in [0, 0.05) is 17.3 Å². The fraction of sp³-hybridized carbons (Fsp3) is 0.190. The Morgan fingerprint density at radius 1 is 1.25 bits per heavy atom. The van der Waals surface area contributed by atoms with Crippen molar-refractivity contribution in [3.8, 4) is 0 Å². The van der Waals surface area contributed by atoms with Crippen molar-refractivity contribution in [1.82, 2.24) is 9.55 Å². The smallest absolute Gasteiger partial charge is 0.262 e. The quantitative estimate of drug-likeness (QED) is 0.365. The molecule has 0 atom stereocenters. The predicted octanol–water partition coefficient (Wildman–Crippen LogP) is 4.58. The van der Waals surface area contributed by atoms with E-state index < -0.39 is 0 Å². The fourth-order valence-electron chi connectivity index (χ4n) is 2.95. The number of hydrogen-bond acceptors (Lipinski definition) is 4. The highest BCUT2D eigenvalue weighted by molar-refractivity contribution is 7.99. The molecule has 3 aromatic rings. The van der Waals surface area contributed by atoms with Crippen LogP contribution in [-0.4, -0.2) is 21.2 Å². The second-order valence-corrected chi connectivity index (χ2v) is 7.85. The molecule has 0 aliphatic rings. The average molecular weight is 414 g/mol. The largest absolute Gasteiger partial charge is 0.325 e. The lowest BCUT2D eigenvalue weighted by atomic mass is 10.1. The number of anilines is 1. The monoisotopic (exact) mass is 413 g/mol. The minimum atomic E-state index is -0.182. The van der Waals surface area contributed by atoms with E-state index in [0.717, 1.165) is 16.8 Å². The molecule has 0 saturated carbocycles. The van der Waals surface area contributed by atoms with Crippen LogP contribution in [0.2, 0.25) is 5.02 Å². The Morgan fingerprint density at radius 2 is 1.96 bits per heavy atom. The number of benzene rings is 2. The molecule has 2 aromatic carbocycles. The maximum Gasteiger partial charge on any atom is 0.262 e. The topological polar surface area (TPSA) is 64.0 Å². The standard InChI is InChI=1S/C21H20ClN3O2S/c1-4-7-25-20(27)17-6-5-15(22)11-18(17)24-21(25)28-12-19(26)23-16-9-13(2)8-14(3)10-16/h4-6,8-11H,1,7,12H2,2-3H3,(H,23,26). The maximum atomic E-state index is 12.8. The summed E-state index contributed by atoms with van der Waals surface area (Å²) in [5.74, 6) is -0.0385. The van der Waals surface area contributed by atoms with Crippen molar-refractivity contribution in [2.45, 2.75) is 25.5 Å². The summed E-state index contributed by atoms with van der Waals surface area (Å²) >= 11 is 7.24. The van der Waals surface area contributed by atoms with Gasteiger partial charge in [-0.15, -0.1) is 6.58 Å². The van der Waals surface area contributed by atoms with Crippen molar-refractivity contribution >= 4 is 45.9 Å². The molecule has 0 radical (unpaired) electrons. The molecule has 0 spiro atoms. The van der Waals surface area contributed by atoms with Gasteiger partial charge < -0.3 is 5.32 Å². The molecule has 0 aliphatic heterocycles. The van der Waals surface area contributed by atoms with E-state index in [9.17, 15) is 9.59 Å². The lowest BCUT2D eigenvalue weighted by molar-refractivity contribution is -0.113. The van der Waals surface area contributed by atoms with Crippen LogP contribution in [0.1, 0.15) is 11.1 Å². The molecule has 5 nitrogen and oxygen atoms in total. The van der Waals surface area contributed by atoms with Crippen LogP contribution >= 0.6 is 23.4 Å². The summed E-state index contributed by atoms with van der Waals surface area (Å²) in [6, 6.07) is 10.8. The van der Waals surface area contributed by atoms with Gasteiger partial charge in [-0.1, -0.05) is 35.5 Å². The number of fused-ring (bicyclic) bond motifs is 1. The lowest BCUT2D eigenvalue weighted by Crippen LogP contribution is -2.23. The van der Waals surface area contributed by atoms with Gasteiger partial charge in [0.25, 0.3) is 5.56 Å². The second-order valence-electron chi connectivity index (χ2n) is 6.47. The number of nitrogens with one attached hydrogen (secondary N) is 1. The molecule has 0 aliphatic carbocycles. The normalized spacial score (nSPS) is 10.8. The highest BCUT2D eigenvalue weighted by atomic mass is 35.5. The first-order valence-electron chi connectivity index (χ1n) is 8.69. The number of aryl methyl sites for hydroxylation is 2. The third-order valence-corrected chi connectivity index (χ3v) is 5.24. The molecule has 0 saturated heterocycles. The second kappa shape index (κ2) is 8.63. The number of thioether (sulfide) groups is 1. The number of carbonyl (C=O) groups is 1. The van der Waals surface area contributed by atoms with Gasteiger partial charge in [-0.05, 0) is 55.3 Å². The molecule has 1 aromatic heterocycles. The SMILES string of the molecule is C=CCn1c(SCC(=O)Nc2cc(C)cc(C)c2)nc2cc(Cl)ccc2c1=O. The maximum absolute atomic E-state index is 12.8. The molecule has 28 heavy (non-hydrogen) atoms.